The van der Waals surface area contributed by atoms with E-state index in [1.165, 1.54) is 4.90 Å². The van der Waals surface area contributed by atoms with E-state index < -0.39 is 12.0 Å². The minimum atomic E-state index is -1.04. The zero-order valence-electron chi connectivity index (χ0n) is 10.4. The smallest absolute Gasteiger partial charge is 0.328 e. The van der Waals surface area contributed by atoms with E-state index in [9.17, 15) is 9.59 Å². The summed E-state index contributed by atoms with van der Waals surface area (Å²) in [5, 5.41) is 9.15. The van der Waals surface area contributed by atoms with Crippen LogP contribution in [0.1, 0.15) is 15.9 Å². The molecule has 5 nitrogen and oxygen atoms in total. The average molecular weight is 328 g/mol. The van der Waals surface area contributed by atoms with Gasteiger partial charge in [-0.25, -0.2) is 4.79 Å². The fourth-order valence-corrected chi connectivity index (χ4v) is 2.41. The minimum absolute atomic E-state index is 0.0358. The lowest BCUT2D eigenvalue weighted by atomic mass is 10.1. The van der Waals surface area contributed by atoms with E-state index in [1.54, 1.807) is 12.1 Å². The summed E-state index contributed by atoms with van der Waals surface area (Å²) < 4.78 is 5.96. The number of morpholine rings is 1. The first-order valence-electron chi connectivity index (χ1n) is 5.89. The van der Waals surface area contributed by atoms with Crippen molar-refractivity contribution in [3.05, 3.63) is 33.8 Å². The first kappa shape index (κ1) is 14.0. The minimum Gasteiger partial charge on any atom is -0.480 e. The monoisotopic (exact) mass is 327 g/mol. The molecule has 0 spiro atoms. The molecule has 1 fully saturated rings. The summed E-state index contributed by atoms with van der Waals surface area (Å²) in [4.78, 5) is 25.0. The molecular formula is C13H14BrNO4. The van der Waals surface area contributed by atoms with Gasteiger partial charge in [0, 0.05) is 16.6 Å². The standard InChI is InChI=1S/C13H14BrNO4/c1-8-9(3-2-4-10(8)14)12(16)15-5-6-19-7-11(15)13(17)18/h2-4,11H,5-7H2,1H3,(H,17,18). The fraction of sp³-hybridized carbons (Fsp3) is 0.385. The van der Waals surface area contributed by atoms with Gasteiger partial charge in [0.1, 0.15) is 0 Å². The summed E-state index contributed by atoms with van der Waals surface area (Å²) in [5.74, 6) is -1.31. The second kappa shape index (κ2) is 5.71. The van der Waals surface area contributed by atoms with E-state index >= 15 is 0 Å². The molecule has 1 aliphatic heterocycles. The Bertz CT molecular complexity index is 517. The highest BCUT2D eigenvalue weighted by Gasteiger charge is 2.33. The predicted molar refractivity (Wildman–Crippen MR) is 72.2 cm³/mol. The van der Waals surface area contributed by atoms with Crippen LogP contribution in [-0.2, 0) is 9.53 Å². The van der Waals surface area contributed by atoms with Crippen LogP contribution in [0.3, 0.4) is 0 Å². The number of carbonyl (C=O) groups is 2. The van der Waals surface area contributed by atoms with Gasteiger partial charge in [-0.05, 0) is 24.6 Å². The molecule has 1 atom stereocenters. The quantitative estimate of drug-likeness (QED) is 0.897. The number of carbonyl (C=O) groups excluding carboxylic acids is 1. The molecule has 1 N–H and O–H groups in total. The second-order valence-corrected chi connectivity index (χ2v) is 5.19. The van der Waals surface area contributed by atoms with Crippen molar-refractivity contribution in [1.29, 1.82) is 0 Å². The molecule has 0 saturated carbocycles. The number of rotatable bonds is 2. The van der Waals surface area contributed by atoms with Crippen molar-refractivity contribution in [2.75, 3.05) is 19.8 Å². The molecule has 102 valence electrons. The maximum absolute atomic E-state index is 12.5. The van der Waals surface area contributed by atoms with Crippen molar-refractivity contribution in [3.8, 4) is 0 Å². The lowest BCUT2D eigenvalue weighted by Gasteiger charge is -2.33. The van der Waals surface area contributed by atoms with E-state index in [2.05, 4.69) is 15.9 Å². The first-order chi connectivity index (χ1) is 9.02. The molecule has 1 unspecified atom stereocenters. The number of amides is 1. The van der Waals surface area contributed by atoms with E-state index in [4.69, 9.17) is 9.84 Å². The Balaban J connectivity index is 2.31. The lowest BCUT2D eigenvalue weighted by Crippen LogP contribution is -2.52. The largest absolute Gasteiger partial charge is 0.480 e. The van der Waals surface area contributed by atoms with Crippen molar-refractivity contribution >= 4 is 27.8 Å². The third kappa shape index (κ3) is 2.79. The number of aliphatic carboxylic acids is 1. The van der Waals surface area contributed by atoms with Crippen molar-refractivity contribution in [3.63, 3.8) is 0 Å². The van der Waals surface area contributed by atoms with Crippen LogP contribution in [0.5, 0.6) is 0 Å². The van der Waals surface area contributed by atoms with Crippen LogP contribution in [-0.4, -0.2) is 47.7 Å². The highest BCUT2D eigenvalue weighted by atomic mass is 79.9. The summed E-state index contributed by atoms with van der Waals surface area (Å²) in [6.45, 7) is 2.52. The number of benzene rings is 1. The Morgan fingerprint density at radius 1 is 1.47 bits per heavy atom. The Hall–Kier alpha value is -1.40. The number of nitrogens with zero attached hydrogens (tertiary/aromatic N) is 1. The van der Waals surface area contributed by atoms with Gasteiger partial charge in [-0.2, -0.15) is 0 Å². The van der Waals surface area contributed by atoms with Crippen LogP contribution in [0.2, 0.25) is 0 Å². The van der Waals surface area contributed by atoms with Crippen LogP contribution in [0, 0.1) is 6.92 Å². The van der Waals surface area contributed by atoms with Crippen molar-refractivity contribution in [2.24, 2.45) is 0 Å². The summed E-state index contributed by atoms with van der Waals surface area (Å²) in [7, 11) is 0. The Labute approximate surface area is 119 Å². The maximum atomic E-state index is 12.5. The molecule has 19 heavy (non-hydrogen) atoms. The number of halogens is 1. The number of carboxylic acids is 1. The number of ether oxygens (including phenoxy) is 1. The molecule has 2 rings (SSSR count). The van der Waals surface area contributed by atoms with Crippen LogP contribution in [0.4, 0.5) is 0 Å². The number of hydrogen-bond acceptors (Lipinski definition) is 3. The van der Waals surface area contributed by atoms with Crippen LogP contribution in [0.25, 0.3) is 0 Å². The maximum Gasteiger partial charge on any atom is 0.328 e. The SMILES string of the molecule is Cc1c(Br)cccc1C(=O)N1CCOCC1C(=O)O. The van der Waals surface area contributed by atoms with Gasteiger partial charge in [0.15, 0.2) is 6.04 Å². The molecule has 1 saturated heterocycles. The molecule has 6 heteroatoms. The molecular weight excluding hydrogens is 314 g/mol. The van der Waals surface area contributed by atoms with Gasteiger partial charge < -0.3 is 14.7 Å². The van der Waals surface area contributed by atoms with E-state index in [0.29, 0.717) is 18.7 Å². The molecule has 1 heterocycles. The van der Waals surface area contributed by atoms with E-state index in [0.717, 1.165) is 10.0 Å². The molecule has 0 bridgehead atoms. The molecule has 0 aromatic heterocycles. The van der Waals surface area contributed by atoms with E-state index in [1.807, 2.05) is 13.0 Å². The molecule has 1 aromatic rings. The van der Waals surface area contributed by atoms with Gasteiger partial charge in [0.25, 0.3) is 5.91 Å². The average Bonchev–Trinajstić information content (AvgIpc) is 2.41. The summed E-state index contributed by atoms with van der Waals surface area (Å²) in [5.41, 5.74) is 1.32. The molecule has 1 amide bonds. The zero-order valence-corrected chi connectivity index (χ0v) is 12.0. The van der Waals surface area contributed by atoms with Crippen LogP contribution < -0.4 is 0 Å². The van der Waals surface area contributed by atoms with Gasteiger partial charge in [-0.3, -0.25) is 4.79 Å². The van der Waals surface area contributed by atoms with Crippen LogP contribution in [0.15, 0.2) is 22.7 Å². The second-order valence-electron chi connectivity index (χ2n) is 4.34. The Morgan fingerprint density at radius 3 is 2.89 bits per heavy atom. The summed E-state index contributed by atoms with van der Waals surface area (Å²) in [6, 6.07) is 4.40. The molecule has 1 aliphatic rings. The van der Waals surface area contributed by atoms with Crippen molar-refractivity contribution < 1.29 is 19.4 Å². The normalized spacial score (nSPS) is 19.3. The number of hydrogen-bond donors (Lipinski definition) is 1. The fourth-order valence-electron chi connectivity index (χ4n) is 2.05. The summed E-state index contributed by atoms with van der Waals surface area (Å²) in [6.07, 6.45) is 0. The predicted octanol–water partition coefficient (Wildman–Crippen LogP) is 1.68. The molecule has 1 aromatic carbocycles. The van der Waals surface area contributed by atoms with Crippen LogP contribution >= 0.6 is 15.9 Å². The van der Waals surface area contributed by atoms with E-state index in [-0.39, 0.29) is 12.5 Å². The van der Waals surface area contributed by atoms with Crippen molar-refractivity contribution in [1.82, 2.24) is 4.90 Å². The molecule has 0 radical (unpaired) electrons. The van der Waals surface area contributed by atoms with Gasteiger partial charge >= 0.3 is 5.97 Å². The van der Waals surface area contributed by atoms with Gasteiger partial charge in [0.2, 0.25) is 0 Å². The van der Waals surface area contributed by atoms with Crippen molar-refractivity contribution in [2.45, 2.75) is 13.0 Å². The zero-order chi connectivity index (χ0) is 14.0. The summed E-state index contributed by atoms with van der Waals surface area (Å²) >= 11 is 3.37. The lowest BCUT2D eigenvalue weighted by molar-refractivity contribution is -0.147. The Morgan fingerprint density at radius 2 is 2.21 bits per heavy atom. The first-order valence-corrected chi connectivity index (χ1v) is 6.68. The van der Waals surface area contributed by atoms with Gasteiger partial charge in [-0.1, -0.05) is 22.0 Å². The topological polar surface area (TPSA) is 66.8 Å². The Kier molecular flexibility index (Phi) is 4.21. The highest BCUT2D eigenvalue weighted by molar-refractivity contribution is 9.10. The highest BCUT2D eigenvalue weighted by Crippen LogP contribution is 2.22. The van der Waals surface area contributed by atoms with Gasteiger partial charge in [-0.15, -0.1) is 0 Å². The molecule has 0 aliphatic carbocycles. The third-order valence-electron chi connectivity index (χ3n) is 3.17. The number of carboxylic acid groups (broad SMARTS) is 1. The third-order valence-corrected chi connectivity index (χ3v) is 4.03. The van der Waals surface area contributed by atoms with Gasteiger partial charge in [0.05, 0.1) is 13.2 Å².